The minimum Gasteiger partial charge on any atom is -0.550 e. The zero-order valence-electron chi connectivity index (χ0n) is 94.1. The van der Waals surface area contributed by atoms with Crippen molar-refractivity contribution >= 4 is 103 Å². The number of carboxylic acids is 3. The number of aldehydes is 1. The lowest BCUT2D eigenvalue weighted by atomic mass is 10.0. The number of ether oxygens (including phenoxy) is 17. The number of carbonyl (C=O) groups is 10. The summed E-state index contributed by atoms with van der Waals surface area (Å²) in [6, 6.07) is 15.0. The van der Waals surface area contributed by atoms with Gasteiger partial charge in [-0.3, -0.25) is 43.2 Å². The van der Waals surface area contributed by atoms with Crippen molar-refractivity contribution in [3.05, 3.63) is 60.7 Å². The molecular weight excluding hydrogens is 1990 g/mol. The molecule has 34 nitrogen and oxygen atoms in total. The van der Waals surface area contributed by atoms with Gasteiger partial charge in [0.2, 0.25) is 0 Å². The van der Waals surface area contributed by atoms with E-state index in [1.807, 2.05) is 47.3 Å². The first kappa shape index (κ1) is 143. The van der Waals surface area contributed by atoms with Gasteiger partial charge in [-0.15, -0.1) is 54.4 Å². The van der Waals surface area contributed by atoms with Crippen LogP contribution >= 0.6 is 0 Å². The Labute approximate surface area is 890 Å². The van der Waals surface area contributed by atoms with Crippen LogP contribution < -0.4 is 11.3 Å². The first-order valence-electron chi connectivity index (χ1n) is 49.9. The third kappa shape index (κ3) is 74.8. The van der Waals surface area contributed by atoms with Gasteiger partial charge in [-0.1, -0.05) is 175 Å². The Kier molecular flexibility index (Phi) is 68.5. The van der Waals surface area contributed by atoms with Crippen LogP contribution in [0.3, 0.4) is 0 Å². The fraction of sp³-hybridized carbons (Fsp3) is 0.658. The van der Waals surface area contributed by atoms with Gasteiger partial charge in [-0.05, 0) is 146 Å². The summed E-state index contributed by atoms with van der Waals surface area (Å²) in [5, 5.41) is 59.0. The number of aliphatic hydroxyl groups is 3. The maximum absolute atomic E-state index is 11.6. The third-order valence-electron chi connectivity index (χ3n) is 19.3. The average molecular weight is 2160 g/mol. The van der Waals surface area contributed by atoms with E-state index in [4.69, 9.17) is 112 Å². The lowest BCUT2D eigenvalue weighted by Gasteiger charge is -2.39. The Morgan fingerprint density at radius 3 is 1.06 bits per heavy atom. The zero-order valence-corrected chi connectivity index (χ0v) is 98.1. The highest BCUT2D eigenvalue weighted by atomic mass is 28.3. The fourth-order valence-corrected chi connectivity index (χ4v) is 16.4. The number of esters is 5. The molecule has 149 heavy (non-hydrogen) atoms. The van der Waals surface area contributed by atoms with Crippen LogP contribution in [0.15, 0.2) is 55.1 Å². The Balaban J connectivity index is -0.00000160. The Morgan fingerprint density at radius 1 is 0.416 bits per heavy atom. The molecule has 0 aliphatic carbocycles. The molecular formula is C111H173NO33Si4. The molecule has 0 radical (unpaired) electrons. The highest BCUT2D eigenvalue weighted by Crippen LogP contribution is 2.35. The lowest BCUT2D eigenvalue weighted by molar-refractivity contribution is -0.320. The summed E-state index contributed by atoms with van der Waals surface area (Å²) in [7, 11) is -5.75. The van der Waals surface area contributed by atoms with Crippen LogP contribution in [-0.4, -0.2) is 277 Å². The zero-order chi connectivity index (χ0) is 114. The molecule has 6 heterocycles. The SMILES string of the molecule is C#C[C@@H]1C[C@H](CC(=O)O)OC(C)(C)O1.C#C[C@@H]1C[C@H](CC(=O)O)OC(C)(C)O1.C#C[C@@H]1C[C@H](CC(=O)OCC)OC(C)(C)O1.C#C[C@@H]1C[C@H](CC(=O)[O-])OC(C)(C)O1.C=C[C@@H]1C[C@H](CC(=O)OCC)OC(C)(C)O1.CCOC(=O)CC(=O)CC(O)C#C[Si](C)(C)C.CCOC(=O)C[C@H](O)C[C@H](O)C#C[Si](C)(C)C.CCOC(=O)C[C@H]1C[C@@H](C#C[Si](C)(C)C)OC(C)(C)O1.CCc1cccc2ccccc12.C[Si](C)(C)C#CC=O.[NH4+]. The molecule has 0 bridgehead atoms. The largest absolute Gasteiger partial charge is 0.550 e. The Bertz CT molecular complexity index is 4770. The predicted molar refractivity (Wildman–Crippen MR) is 579 cm³/mol. The number of terminal acetylenes is 4. The molecule has 38 heteroatoms. The third-order valence-corrected chi connectivity index (χ3v) is 22.9. The summed E-state index contributed by atoms with van der Waals surface area (Å²) in [5.74, 6) is 11.4. The Hall–Kier alpha value is -9.75. The van der Waals surface area contributed by atoms with Gasteiger partial charge >= 0.3 is 41.8 Å². The molecule has 6 saturated heterocycles. The molecule has 6 aliphatic heterocycles. The molecule has 0 saturated carbocycles. The van der Waals surface area contributed by atoms with Crippen LogP contribution in [0.5, 0.6) is 0 Å². The number of fused-ring (bicyclic) bond motifs is 1. The van der Waals surface area contributed by atoms with Gasteiger partial charge in [0.05, 0.1) is 120 Å². The summed E-state index contributed by atoms with van der Waals surface area (Å²) in [6.07, 6.45) is 21.5. The minimum absolute atomic E-state index is 0. The van der Waals surface area contributed by atoms with Gasteiger partial charge in [0.15, 0.2) is 41.0 Å². The number of carbonyl (C=O) groups excluding carboxylic acids is 8. The quantitative estimate of drug-likeness (QED) is 0.00920. The summed E-state index contributed by atoms with van der Waals surface area (Å²) >= 11 is 0. The van der Waals surface area contributed by atoms with E-state index in [-0.39, 0.29) is 168 Å². The minimum atomic E-state index is -1.54. The molecule has 2 aromatic carbocycles. The van der Waals surface area contributed by atoms with E-state index in [9.17, 15) is 68.4 Å². The van der Waals surface area contributed by atoms with Crippen molar-refractivity contribution in [1.29, 1.82) is 0 Å². The van der Waals surface area contributed by atoms with Crippen molar-refractivity contribution in [3.8, 4) is 95.2 Å². The molecule has 0 amide bonds. The van der Waals surface area contributed by atoms with Gasteiger partial charge < -0.3 is 122 Å². The van der Waals surface area contributed by atoms with Gasteiger partial charge in [0, 0.05) is 63.8 Å². The number of hydrogen-bond donors (Lipinski definition) is 6. The van der Waals surface area contributed by atoms with E-state index in [1.54, 1.807) is 96.1 Å². The topological polar surface area (TPSA) is 488 Å². The molecule has 0 spiro atoms. The smallest absolute Gasteiger partial charge is 0.313 e. The number of quaternary nitrogens is 1. The molecule has 15 atom stereocenters. The monoisotopic (exact) mass is 2160 g/mol. The standard InChI is InChI=1S/C15H26O4Si.C12H22O4Si.C12H20O4Si.C12H20O4.C12H18O4.C12H12.3C10H14O4.C6H10OSi.H3N/c1-7-17-14(16)11-13-10-12(8-9-20(4,5)6)18-15(2,3)19-13;2*1-5-16-12(15)9-11(14)8-10(13)6-7-17(2,3)4;2*1-5-9-7-10(8-11(13)14-6-2)16-12(3,4)15-9;1-2-10-7-5-8-11-6-3-4-9-12(10)11;3*1-4-7-5-8(6-9(11)12)14-10(2,3)13-7;1-8(2,3)6-4-5-7;/h12-13H,7,10-11H2,1-6H3;10-11,13-14H,5,8-9H2,1-4H3;10,13H,5,8-9H2,1-4H3;5,9-10H,1,6-8H2,2-4H3;1,9-10H,6-8H2,2-4H3;3-9H,2H2,1H3;3*1,7-8H,5-6H2,2-3H3,(H,11,12);5H,1-3H3;1H3/t12-,13-;10-,11-;;2*9-,10-;;3*7-,8-;;/m11.11.111../s1. The van der Waals surface area contributed by atoms with Crippen molar-refractivity contribution < 1.29 is 159 Å². The molecule has 8 rings (SSSR count). The van der Waals surface area contributed by atoms with Crippen LogP contribution in [-0.2, 0) is 135 Å². The molecule has 6 fully saturated rings. The fourth-order valence-electron chi connectivity index (χ4n) is 14.1. The van der Waals surface area contributed by atoms with Crippen LogP contribution in [0.4, 0.5) is 0 Å². The second-order valence-corrected chi connectivity index (χ2v) is 60.5. The maximum atomic E-state index is 11.6. The molecule has 1 unspecified atom stereocenters. The highest BCUT2D eigenvalue weighted by Gasteiger charge is 2.42. The van der Waals surface area contributed by atoms with Gasteiger partial charge in [-0.25, -0.2) is 0 Å². The van der Waals surface area contributed by atoms with Crippen LogP contribution in [0, 0.1) is 95.2 Å². The number of ketones is 1. The number of aliphatic hydroxyl groups excluding tert-OH is 3. The lowest BCUT2D eigenvalue weighted by Crippen LogP contribution is -2.45. The van der Waals surface area contributed by atoms with Gasteiger partial charge in [0.1, 0.15) is 87.2 Å². The van der Waals surface area contributed by atoms with E-state index in [2.05, 4.69) is 189 Å². The van der Waals surface area contributed by atoms with Crippen molar-refractivity contribution in [2.45, 2.75) is 439 Å². The molecule has 6 aliphatic rings. The van der Waals surface area contributed by atoms with E-state index in [0.29, 0.717) is 71.2 Å². The number of hydrogen-bond acceptors (Lipinski definition) is 31. The molecule has 836 valence electrons. The second-order valence-electron chi connectivity index (χ2n) is 41.5. The number of aliphatic carboxylic acids is 3. The van der Waals surface area contributed by atoms with Crippen LogP contribution in [0.1, 0.15) is 233 Å². The number of Topliss-reactive ketones (excluding diaryl/α,β-unsaturated/α-hetero) is 1. The van der Waals surface area contributed by atoms with Crippen LogP contribution in [0.2, 0.25) is 78.6 Å². The first-order chi connectivity index (χ1) is 68.3. The summed E-state index contributed by atoms with van der Waals surface area (Å²) in [6.45, 7) is 62.9. The number of rotatable bonds is 27. The van der Waals surface area contributed by atoms with Gasteiger partial charge in [0.25, 0.3) is 0 Å². The van der Waals surface area contributed by atoms with E-state index in [1.165, 1.54) is 16.3 Å². The number of benzene rings is 2. The number of aryl methyl sites for hydroxylation is 1. The summed E-state index contributed by atoms with van der Waals surface area (Å²) in [5.41, 5.74) is 13.6. The number of carboxylic acid groups (broad SMARTS) is 3. The maximum Gasteiger partial charge on any atom is 0.313 e. The second kappa shape index (κ2) is 71.2. The van der Waals surface area contributed by atoms with Crippen molar-refractivity contribution in [2.24, 2.45) is 0 Å². The highest BCUT2D eigenvalue weighted by molar-refractivity contribution is 6.85. The predicted octanol–water partition coefficient (Wildman–Crippen LogP) is 14.8. The van der Waals surface area contributed by atoms with Gasteiger partial charge in [-0.2, -0.15) is 0 Å². The normalized spacial score (nSPS) is 22.5. The average Bonchev–Trinajstić information content (AvgIpc) is 0.719. The molecule has 0 aromatic heterocycles. The summed E-state index contributed by atoms with van der Waals surface area (Å²) < 4.78 is 90.4. The van der Waals surface area contributed by atoms with Crippen molar-refractivity contribution in [2.75, 3.05) is 33.0 Å². The van der Waals surface area contributed by atoms with E-state index in [0.717, 1.165) is 6.42 Å². The van der Waals surface area contributed by atoms with Crippen molar-refractivity contribution in [3.63, 3.8) is 0 Å². The van der Waals surface area contributed by atoms with Crippen molar-refractivity contribution in [1.82, 2.24) is 6.15 Å². The first-order valence-corrected chi connectivity index (χ1v) is 63.9. The Morgan fingerprint density at radius 2 is 0.732 bits per heavy atom. The molecule has 9 N–H and O–H groups in total. The van der Waals surface area contributed by atoms with Crippen LogP contribution in [0.25, 0.3) is 10.8 Å². The van der Waals surface area contributed by atoms with E-state index >= 15 is 0 Å². The van der Waals surface area contributed by atoms with E-state index < -0.39 is 121 Å². The summed E-state index contributed by atoms with van der Waals surface area (Å²) in [4.78, 5) is 109. The molecule has 2 aromatic rings.